The third kappa shape index (κ3) is 4.38. The van der Waals surface area contributed by atoms with Crippen LogP contribution in [-0.4, -0.2) is 59.6 Å². The fraction of sp³-hybridized carbons (Fsp3) is 0.300. The molecule has 2 heterocycles. The van der Waals surface area contributed by atoms with Crippen molar-refractivity contribution in [2.24, 2.45) is 0 Å². The monoisotopic (exact) mass is 379 g/mol. The average Bonchev–Trinajstić information content (AvgIpc) is 2.74. The standard InChI is InChI=1S/C20H21N5O3/c1-2-28-20(27)25-11-9-24(10-12-25)19(26)18-13-16(7-8-22-18)23-17-6-4-3-5-15(17)14-21/h3-8,13H,2,9-12H2,1H3,(H,22,23). The summed E-state index contributed by atoms with van der Waals surface area (Å²) in [5.41, 5.74) is 2.16. The summed E-state index contributed by atoms with van der Waals surface area (Å²) in [6.07, 6.45) is 1.20. The summed E-state index contributed by atoms with van der Waals surface area (Å²) in [5, 5.41) is 12.4. The van der Waals surface area contributed by atoms with Crippen molar-refractivity contribution in [1.82, 2.24) is 14.8 Å². The van der Waals surface area contributed by atoms with Crippen LogP contribution in [-0.2, 0) is 4.74 Å². The van der Waals surface area contributed by atoms with Gasteiger partial charge in [-0.25, -0.2) is 4.79 Å². The number of rotatable bonds is 4. The Morgan fingerprint density at radius 1 is 1.18 bits per heavy atom. The van der Waals surface area contributed by atoms with Crippen LogP contribution in [0.5, 0.6) is 0 Å². The second-order valence-electron chi connectivity index (χ2n) is 6.19. The molecule has 0 saturated carbocycles. The first-order valence-corrected chi connectivity index (χ1v) is 9.05. The first-order valence-electron chi connectivity index (χ1n) is 9.05. The number of amides is 2. The summed E-state index contributed by atoms with van der Waals surface area (Å²) in [4.78, 5) is 32.0. The lowest BCUT2D eigenvalue weighted by Crippen LogP contribution is -2.50. The number of hydrogen-bond acceptors (Lipinski definition) is 6. The molecule has 28 heavy (non-hydrogen) atoms. The fourth-order valence-electron chi connectivity index (χ4n) is 2.94. The molecule has 0 aliphatic carbocycles. The van der Waals surface area contributed by atoms with Gasteiger partial charge in [0.2, 0.25) is 0 Å². The number of carbonyl (C=O) groups is 2. The predicted molar refractivity (Wildman–Crippen MR) is 103 cm³/mol. The van der Waals surface area contributed by atoms with Crippen molar-refractivity contribution in [2.75, 3.05) is 38.1 Å². The van der Waals surface area contributed by atoms with E-state index in [-0.39, 0.29) is 12.0 Å². The SMILES string of the molecule is CCOC(=O)N1CCN(C(=O)c2cc(Nc3ccccc3C#N)ccn2)CC1. The minimum absolute atomic E-state index is 0.194. The van der Waals surface area contributed by atoms with Gasteiger partial charge < -0.3 is 19.9 Å². The second-order valence-corrected chi connectivity index (χ2v) is 6.19. The lowest BCUT2D eigenvalue weighted by Gasteiger charge is -2.33. The Bertz CT molecular complexity index is 901. The molecule has 8 nitrogen and oxygen atoms in total. The molecule has 8 heteroatoms. The van der Waals surface area contributed by atoms with E-state index < -0.39 is 0 Å². The molecule has 0 unspecified atom stereocenters. The van der Waals surface area contributed by atoms with E-state index in [0.29, 0.717) is 55.4 Å². The molecule has 0 spiro atoms. The molecule has 1 N–H and O–H groups in total. The van der Waals surface area contributed by atoms with Gasteiger partial charge in [-0.1, -0.05) is 12.1 Å². The van der Waals surface area contributed by atoms with E-state index in [0.717, 1.165) is 0 Å². The zero-order valence-corrected chi connectivity index (χ0v) is 15.6. The number of ether oxygens (including phenoxy) is 1. The Kier molecular flexibility index (Phi) is 6.07. The van der Waals surface area contributed by atoms with Crippen LogP contribution >= 0.6 is 0 Å². The highest BCUT2D eigenvalue weighted by Gasteiger charge is 2.26. The van der Waals surface area contributed by atoms with E-state index in [1.807, 2.05) is 6.07 Å². The van der Waals surface area contributed by atoms with Crippen LogP contribution in [0.1, 0.15) is 23.0 Å². The first-order chi connectivity index (χ1) is 13.6. The van der Waals surface area contributed by atoms with Gasteiger partial charge in [-0.15, -0.1) is 0 Å². The van der Waals surface area contributed by atoms with Crippen molar-refractivity contribution in [3.63, 3.8) is 0 Å². The Balaban J connectivity index is 1.66. The molecule has 3 rings (SSSR count). The Morgan fingerprint density at radius 3 is 2.61 bits per heavy atom. The normalized spacial score (nSPS) is 13.6. The Morgan fingerprint density at radius 2 is 1.89 bits per heavy atom. The highest BCUT2D eigenvalue weighted by molar-refractivity contribution is 5.93. The van der Waals surface area contributed by atoms with Crippen LogP contribution in [0.2, 0.25) is 0 Å². The smallest absolute Gasteiger partial charge is 0.409 e. The quantitative estimate of drug-likeness (QED) is 0.877. The first kappa shape index (κ1) is 19.2. The van der Waals surface area contributed by atoms with Crippen molar-refractivity contribution >= 4 is 23.4 Å². The van der Waals surface area contributed by atoms with Crippen LogP contribution in [0.25, 0.3) is 0 Å². The number of benzene rings is 1. The van der Waals surface area contributed by atoms with Crippen molar-refractivity contribution in [2.45, 2.75) is 6.92 Å². The van der Waals surface area contributed by atoms with E-state index >= 15 is 0 Å². The number of piperazine rings is 1. The third-order valence-corrected chi connectivity index (χ3v) is 4.40. The number of nitrogens with one attached hydrogen (secondary N) is 1. The van der Waals surface area contributed by atoms with Crippen LogP contribution < -0.4 is 5.32 Å². The topological polar surface area (TPSA) is 98.6 Å². The lowest BCUT2D eigenvalue weighted by atomic mass is 10.2. The van der Waals surface area contributed by atoms with E-state index in [1.165, 1.54) is 0 Å². The van der Waals surface area contributed by atoms with Gasteiger partial charge in [0, 0.05) is 38.1 Å². The van der Waals surface area contributed by atoms with Gasteiger partial charge in [0.15, 0.2) is 0 Å². The zero-order chi connectivity index (χ0) is 19.9. The number of anilines is 2. The Labute approximate surface area is 163 Å². The van der Waals surface area contributed by atoms with Gasteiger partial charge >= 0.3 is 6.09 Å². The van der Waals surface area contributed by atoms with E-state index in [1.54, 1.807) is 53.3 Å². The molecular formula is C20H21N5O3. The summed E-state index contributed by atoms with van der Waals surface area (Å²) in [7, 11) is 0. The molecule has 0 radical (unpaired) electrons. The van der Waals surface area contributed by atoms with Crippen LogP contribution in [0.4, 0.5) is 16.2 Å². The van der Waals surface area contributed by atoms with Crippen LogP contribution in [0.15, 0.2) is 42.6 Å². The van der Waals surface area contributed by atoms with E-state index in [2.05, 4.69) is 16.4 Å². The van der Waals surface area contributed by atoms with Gasteiger partial charge in [0.05, 0.1) is 17.9 Å². The number of para-hydroxylation sites is 1. The number of nitriles is 1. The van der Waals surface area contributed by atoms with Gasteiger partial charge in [0.25, 0.3) is 5.91 Å². The molecule has 0 bridgehead atoms. The maximum Gasteiger partial charge on any atom is 0.409 e. The minimum atomic E-state index is -0.352. The minimum Gasteiger partial charge on any atom is -0.450 e. The summed E-state index contributed by atoms with van der Waals surface area (Å²) in [6, 6.07) is 12.7. The number of nitrogens with zero attached hydrogens (tertiary/aromatic N) is 4. The largest absolute Gasteiger partial charge is 0.450 e. The third-order valence-electron chi connectivity index (χ3n) is 4.40. The van der Waals surface area contributed by atoms with Crippen molar-refractivity contribution < 1.29 is 14.3 Å². The molecular weight excluding hydrogens is 358 g/mol. The molecule has 1 fully saturated rings. The number of hydrogen-bond donors (Lipinski definition) is 1. The molecule has 1 aromatic carbocycles. The second kappa shape index (κ2) is 8.86. The summed E-state index contributed by atoms with van der Waals surface area (Å²) >= 11 is 0. The van der Waals surface area contributed by atoms with E-state index in [9.17, 15) is 14.9 Å². The Hall–Kier alpha value is -3.60. The molecule has 1 aliphatic heterocycles. The summed E-state index contributed by atoms with van der Waals surface area (Å²) < 4.78 is 4.99. The zero-order valence-electron chi connectivity index (χ0n) is 15.6. The van der Waals surface area contributed by atoms with Crippen LogP contribution in [0.3, 0.4) is 0 Å². The van der Waals surface area contributed by atoms with Crippen molar-refractivity contribution in [3.8, 4) is 6.07 Å². The van der Waals surface area contributed by atoms with Gasteiger partial charge in [-0.2, -0.15) is 5.26 Å². The average molecular weight is 379 g/mol. The predicted octanol–water partition coefficient (Wildman–Crippen LogP) is 2.61. The molecule has 2 amide bonds. The van der Waals surface area contributed by atoms with Gasteiger partial charge in [0.1, 0.15) is 11.8 Å². The van der Waals surface area contributed by atoms with Crippen LogP contribution in [0, 0.1) is 11.3 Å². The molecule has 1 saturated heterocycles. The highest BCUT2D eigenvalue weighted by atomic mass is 16.6. The van der Waals surface area contributed by atoms with Gasteiger partial charge in [-0.05, 0) is 31.2 Å². The number of aromatic nitrogens is 1. The molecule has 1 aromatic heterocycles. The summed E-state index contributed by atoms with van der Waals surface area (Å²) in [5.74, 6) is -0.194. The maximum atomic E-state index is 12.8. The maximum absolute atomic E-state index is 12.8. The fourth-order valence-corrected chi connectivity index (χ4v) is 2.94. The van der Waals surface area contributed by atoms with Crippen molar-refractivity contribution in [3.05, 3.63) is 53.9 Å². The van der Waals surface area contributed by atoms with Gasteiger partial charge in [-0.3, -0.25) is 9.78 Å². The highest BCUT2D eigenvalue weighted by Crippen LogP contribution is 2.21. The molecule has 0 atom stereocenters. The number of carbonyl (C=O) groups excluding carboxylic acids is 2. The van der Waals surface area contributed by atoms with Crippen molar-refractivity contribution in [1.29, 1.82) is 5.26 Å². The molecule has 2 aromatic rings. The number of pyridine rings is 1. The lowest BCUT2D eigenvalue weighted by molar-refractivity contribution is 0.0566. The molecule has 1 aliphatic rings. The molecule has 144 valence electrons. The van der Waals surface area contributed by atoms with E-state index in [4.69, 9.17) is 4.74 Å². The summed E-state index contributed by atoms with van der Waals surface area (Å²) in [6.45, 7) is 3.80.